The second-order valence-electron chi connectivity index (χ2n) is 6.91. The van der Waals surface area contributed by atoms with Gasteiger partial charge >= 0.3 is 6.18 Å². The van der Waals surface area contributed by atoms with E-state index in [9.17, 15) is 17.6 Å². The van der Waals surface area contributed by atoms with Crippen LogP contribution in [0.25, 0.3) is 10.9 Å². The molecule has 0 radical (unpaired) electrons. The lowest BCUT2D eigenvalue weighted by Gasteiger charge is -2.20. The predicted octanol–water partition coefficient (Wildman–Crippen LogP) is 4.70. The van der Waals surface area contributed by atoms with Crippen molar-refractivity contribution in [3.63, 3.8) is 0 Å². The number of halogens is 4. The zero-order chi connectivity index (χ0) is 16.9. The molecule has 22 heavy (non-hydrogen) atoms. The van der Waals surface area contributed by atoms with Gasteiger partial charge in [-0.1, -0.05) is 20.8 Å². The maximum Gasteiger partial charge on any atom is 0.407 e. The smallest absolute Gasteiger partial charge is 0.347 e. The molecule has 2 aromatic rings. The summed E-state index contributed by atoms with van der Waals surface area (Å²) in [4.78, 5) is 0. The number of alkyl halides is 3. The van der Waals surface area contributed by atoms with Crippen molar-refractivity contribution in [2.75, 3.05) is 0 Å². The first-order valence-corrected chi connectivity index (χ1v) is 7.01. The molecule has 0 aliphatic carbocycles. The third kappa shape index (κ3) is 3.27. The average molecular weight is 316 g/mol. The van der Waals surface area contributed by atoms with Crippen molar-refractivity contribution in [2.24, 2.45) is 11.1 Å². The summed E-state index contributed by atoms with van der Waals surface area (Å²) < 4.78 is 54.4. The highest BCUT2D eigenvalue weighted by Gasteiger charge is 2.39. The van der Waals surface area contributed by atoms with Gasteiger partial charge in [-0.3, -0.25) is 0 Å². The quantitative estimate of drug-likeness (QED) is 0.800. The highest BCUT2D eigenvalue weighted by Crippen LogP contribution is 2.37. The fourth-order valence-electron chi connectivity index (χ4n) is 2.51. The highest BCUT2D eigenvalue weighted by atomic mass is 19.4. The van der Waals surface area contributed by atoms with Gasteiger partial charge in [0.2, 0.25) is 0 Å². The molecule has 1 aromatic carbocycles. The van der Waals surface area contributed by atoms with Crippen LogP contribution in [0, 0.1) is 18.2 Å². The Labute approximate surface area is 126 Å². The van der Waals surface area contributed by atoms with Crippen LogP contribution in [0.5, 0.6) is 0 Å². The van der Waals surface area contributed by atoms with Crippen LogP contribution >= 0.6 is 0 Å². The number of benzene rings is 1. The summed E-state index contributed by atoms with van der Waals surface area (Å²) in [5.41, 5.74) is 6.09. The van der Waals surface area contributed by atoms with E-state index in [0.29, 0.717) is 17.6 Å². The monoisotopic (exact) mass is 316 g/mol. The van der Waals surface area contributed by atoms with Gasteiger partial charge in [0.05, 0.1) is 0 Å². The van der Waals surface area contributed by atoms with E-state index in [1.807, 2.05) is 20.8 Å². The Balaban J connectivity index is 2.69. The van der Waals surface area contributed by atoms with E-state index in [1.54, 1.807) is 17.6 Å². The minimum Gasteiger partial charge on any atom is -0.347 e. The number of nitrogens with two attached hydrogens (primary N) is 1. The van der Waals surface area contributed by atoms with E-state index in [2.05, 4.69) is 0 Å². The summed E-state index contributed by atoms with van der Waals surface area (Å²) in [5.74, 6) is -0.531. The lowest BCUT2D eigenvalue weighted by Crippen LogP contribution is -2.28. The predicted molar refractivity (Wildman–Crippen MR) is 79.1 cm³/mol. The number of aromatic nitrogens is 1. The Bertz CT molecular complexity index is 693. The fraction of sp³-hybridized carbons (Fsp3) is 0.500. The summed E-state index contributed by atoms with van der Waals surface area (Å²) in [7, 11) is 0. The van der Waals surface area contributed by atoms with Gasteiger partial charge in [0.1, 0.15) is 11.9 Å². The molecule has 2 nitrogen and oxygen atoms in total. The van der Waals surface area contributed by atoms with E-state index in [4.69, 9.17) is 5.73 Å². The maximum absolute atomic E-state index is 13.8. The molecule has 1 heterocycles. The van der Waals surface area contributed by atoms with E-state index < -0.39 is 18.0 Å². The van der Waals surface area contributed by atoms with Crippen LogP contribution < -0.4 is 5.73 Å². The molecule has 0 bridgehead atoms. The second kappa shape index (κ2) is 5.26. The van der Waals surface area contributed by atoms with Crippen LogP contribution in [0.2, 0.25) is 0 Å². The van der Waals surface area contributed by atoms with Crippen molar-refractivity contribution in [3.8, 4) is 0 Å². The molecule has 0 saturated carbocycles. The van der Waals surface area contributed by atoms with Crippen LogP contribution in [0.15, 0.2) is 18.3 Å². The van der Waals surface area contributed by atoms with Crippen LogP contribution in [-0.2, 0) is 6.54 Å². The number of aryl methyl sites for hydroxylation is 1. The maximum atomic E-state index is 13.8. The van der Waals surface area contributed by atoms with Gasteiger partial charge in [0, 0.05) is 29.2 Å². The number of hydrogen-bond donors (Lipinski definition) is 1. The van der Waals surface area contributed by atoms with Crippen molar-refractivity contribution >= 4 is 10.9 Å². The first-order chi connectivity index (χ1) is 9.90. The van der Waals surface area contributed by atoms with Gasteiger partial charge in [0.15, 0.2) is 0 Å². The van der Waals surface area contributed by atoms with E-state index in [1.165, 1.54) is 6.20 Å². The Hall–Kier alpha value is -1.56. The fourth-order valence-corrected chi connectivity index (χ4v) is 2.51. The minimum atomic E-state index is -4.57. The van der Waals surface area contributed by atoms with Crippen molar-refractivity contribution in [3.05, 3.63) is 35.3 Å². The Morgan fingerprint density at radius 3 is 2.27 bits per heavy atom. The van der Waals surface area contributed by atoms with Crippen molar-refractivity contribution in [1.82, 2.24) is 4.57 Å². The van der Waals surface area contributed by atoms with Crippen LogP contribution in [0.3, 0.4) is 0 Å². The van der Waals surface area contributed by atoms with Gasteiger partial charge < -0.3 is 10.3 Å². The van der Waals surface area contributed by atoms with Gasteiger partial charge in [-0.05, 0) is 30.0 Å². The van der Waals surface area contributed by atoms with E-state index in [-0.39, 0.29) is 16.4 Å². The number of fused-ring (bicyclic) bond motifs is 1. The van der Waals surface area contributed by atoms with Crippen molar-refractivity contribution < 1.29 is 17.6 Å². The minimum absolute atomic E-state index is 0.0920. The Morgan fingerprint density at radius 2 is 1.77 bits per heavy atom. The molecule has 0 aliphatic rings. The molecule has 0 saturated heterocycles. The third-order valence-electron chi connectivity index (χ3n) is 3.52. The van der Waals surface area contributed by atoms with E-state index in [0.717, 1.165) is 6.07 Å². The SMILES string of the molecule is Cc1cc2c(cc1F)c([C@H](N)C(F)(F)F)cn2CC(C)(C)C. The molecular weight excluding hydrogens is 296 g/mol. The summed E-state index contributed by atoms with van der Waals surface area (Å²) in [6, 6.07) is 0.589. The molecule has 6 heteroatoms. The molecule has 0 spiro atoms. The number of rotatable bonds is 2. The van der Waals surface area contributed by atoms with Crippen molar-refractivity contribution in [2.45, 2.75) is 46.5 Å². The summed E-state index contributed by atoms with van der Waals surface area (Å²) >= 11 is 0. The first-order valence-electron chi connectivity index (χ1n) is 7.01. The van der Waals surface area contributed by atoms with E-state index >= 15 is 0 Å². The molecule has 2 rings (SSSR count). The first kappa shape index (κ1) is 16.8. The van der Waals surface area contributed by atoms with Crippen LogP contribution in [-0.4, -0.2) is 10.7 Å². The third-order valence-corrected chi connectivity index (χ3v) is 3.52. The summed E-state index contributed by atoms with van der Waals surface area (Å²) in [6.45, 7) is 8.06. The number of nitrogens with zero attached hydrogens (tertiary/aromatic N) is 1. The molecule has 0 amide bonds. The lowest BCUT2D eigenvalue weighted by atomic mass is 9.97. The zero-order valence-corrected chi connectivity index (χ0v) is 13.1. The van der Waals surface area contributed by atoms with Crippen molar-refractivity contribution in [1.29, 1.82) is 0 Å². The molecule has 0 fully saturated rings. The molecule has 1 atom stereocenters. The topological polar surface area (TPSA) is 30.9 Å². The molecule has 2 N–H and O–H groups in total. The molecular formula is C16H20F4N2. The number of hydrogen-bond acceptors (Lipinski definition) is 1. The summed E-state index contributed by atoms with van der Waals surface area (Å²) in [6.07, 6.45) is -3.17. The molecule has 0 aliphatic heterocycles. The standard InChI is InChI=1S/C16H20F4N2/c1-9-5-13-10(6-12(9)17)11(14(21)16(18,19)20)7-22(13)8-15(2,3)4/h5-7,14H,8,21H2,1-4H3/t14-/m0/s1. The second-order valence-corrected chi connectivity index (χ2v) is 6.91. The van der Waals surface area contributed by atoms with Crippen LogP contribution in [0.1, 0.15) is 37.9 Å². The van der Waals surface area contributed by atoms with Gasteiger partial charge in [0.25, 0.3) is 0 Å². The van der Waals surface area contributed by atoms with Gasteiger partial charge in [-0.25, -0.2) is 4.39 Å². The normalized spacial score (nSPS) is 14.6. The summed E-state index contributed by atoms with van der Waals surface area (Å²) in [5, 5.41) is 0.220. The largest absolute Gasteiger partial charge is 0.407 e. The van der Waals surface area contributed by atoms with Gasteiger partial charge in [-0.2, -0.15) is 13.2 Å². The zero-order valence-electron chi connectivity index (χ0n) is 13.1. The average Bonchev–Trinajstić information content (AvgIpc) is 2.64. The molecule has 1 aromatic heterocycles. The lowest BCUT2D eigenvalue weighted by molar-refractivity contribution is -0.148. The molecule has 122 valence electrons. The highest BCUT2D eigenvalue weighted by molar-refractivity contribution is 5.85. The Kier molecular flexibility index (Phi) is 4.02. The van der Waals surface area contributed by atoms with Crippen LogP contribution in [0.4, 0.5) is 17.6 Å². The molecule has 0 unspecified atom stereocenters. The Morgan fingerprint density at radius 1 is 1.18 bits per heavy atom. The van der Waals surface area contributed by atoms with Gasteiger partial charge in [-0.15, -0.1) is 0 Å².